The number of carbonyl (C=O) groups excluding carboxylic acids is 1. The van der Waals surface area contributed by atoms with Crippen LogP contribution in [0.2, 0.25) is 0 Å². The highest BCUT2D eigenvalue weighted by atomic mass is 32.1. The molecule has 0 radical (unpaired) electrons. The SMILES string of the molecule is CCOC(=O)C1=C(C)N=c2s/c(=C\c3c(C)n(Cc4ccc(F)cc4)c4ccccc34)c(=O)n2[C@H]1c1ccc(C(C)C)cc1. The Bertz CT molecular complexity index is 2100. The van der Waals surface area contributed by atoms with E-state index in [2.05, 4.69) is 30.5 Å². The van der Waals surface area contributed by atoms with E-state index in [1.807, 2.05) is 49.4 Å². The Kier molecular flexibility index (Phi) is 7.95. The molecule has 224 valence electrons. The molecule has 0 spiro atoms. The van der Waals surface area contributed by atoms with Crippen LogP contribution in [0.4, 0.5) is 4.39 Å². The quantitative estimate of drug-likeness (QED) is 0.202. The Hall–Kier alpha value is -4.56. The second-order valence-corrected chi connectivity index (χ2v) is 12.4. The number of fused-ring (bicyclic) bond motifs is 2. The van der Waals surface area contributed by atoms with Gasteiger partial charge in [-0.2, -0.15) is 0 Å². The molecule has 3 aromatic carbocycles. The smallest absolute Gasteiger partial charge is 0.338 e. The van der Waals surface area contributed by atoms with Crippen molar-refractivity contribution in [2.24, 2.45) is 4.99 Å². The van der Waals surface area contributed by atoms with Gasteiger partial charge in [0.25, 0.3) is 5.56 Å². The molecular weight excluding hydrogens is 573 g/mol. The van der Waals surface area contributed by atoms with Gasteiger partial charge in [0, 0.05) is 28.7 Å². The minimum atomic E-state index is -0.658. The number of halogens is 1. The number of aromatic nitrogens is 2. The van der Waals surface area contributed by atoms with Crippen molar-refractivity contribution in [3.63, 3.8) is 0 Å². The molecule has 44 heavy (non-hydrogen) atoms. The van der Waals surface area contributed by atoms with Crippen LogP contribution >= 0.6 is 11.3 Å². The standard InChI is InChI=1S/C36H34FN3O3S/c1-6-43-35(42)32-22(4)38-36-40(33(32)26-15-13-25(14-16-26)21(2)3)34(41)31(44-36)19-29-23(5)39(30-10-8-7-9-28(29)30)20-24-11-17-27(37)18-12-24/h7-19,21,33H,6,20H2,1-5H3/b31-19-/t33-/m0/s1. The van der Waals surface area contributed by atoms with Gasteiger partial charge in [-0.25, -0.2) is 14.2 Å². The van der Waals surface area contributed by atoms with Gasteiger partial charge in [-0.05, 0) is 67.7 Å². The maximum atomic E-state index is 14.3. The van der Waals surface area contributed by atoms with Gasteiger partial charge in [0.05, 0.1) is 28.5 Å². The zero-order valence-corrected chi connectivity index (χ0v) is 26.2. The number of para-hydroxylation sites is 1. The third kappa shape index (κ3) is 5.24. The van der Waals surface area contributed by atoms with Gasteiger partial charge in [-0.3, -0.25) is 9.36 Å². The van der Waals surface area contributed by atoms with Crippen molar-refractivity contribution in [3.05, 3.63) is 138 Å². The summed E-state index contributed by atoms with van der Waals surface area (Å²) in [4.78, 5) is 32.8. The minimum absolute atomic E-state index is 0.212. The molecule has 8 heteroatoms. The lowest BCUT2D eigenvalue weighted by Gasteiger charge is -2.25. The summed E-state index contributed by atoms with van der Waals surface area (Å²) in [5.74, 6) is -0.392. The summed E-state index contributed by atoms with van der Waals surface area (Å²) in [6.07, 6.45) is 1.94. The second kappa shape index (κ2) is 11.8. The molecule has 3 heterocycles. The van der Waals surface area contributed by atoms with Gasteiger partial charge in [0.1, 0.15) is 5.82 Å². The average Bonchev–Trinajstić information content (AvgIpc) is 3.46. The summed E-state index contributed by atoms with van der Waals surface area (Å²) in [6.45, 7) is 10.6. The highest BCUT2D eigenvalue weighted by molar-refractivity contribution is 7.07. The Morgan fingerprint density at radius 3 is 2.43 bits per heavy atom. The molecule has 0 saturated carbocycles. The fourth-order valence-corrected chi connectivity index (χ4v) is 6.95. The topological polar surface area (TPSA) is 65.6 Å². The molecule has 0 amide bonds. The number of hydrogen-bond acceptors (Lipinski definition) is 5. The summed E-state index contributed by atoms with van der Waals surface area (Å²) in [5, 5.41) is 1.02. The molecule has 6 rings (SSSR count). The fraction of sp³-hybridized carbons (Fsp3) is 0.250. The van der Waals surface area contributed by atoms with Crippen LogP contribution < -0.4 is 14.9 Å². The highest BCUT2D eigenvalue weighted by Gasteiger charge is 2.33. The average molecular weight is 608 g/mol. The lowest BCUT2D eigenvalue weighted by molar-refractivity contribution is -0.139. The van der Waals surface area contributed by atoms with E-state index >= 15 is 0 Å². The number of esters is 1. The minimum Gasteiger partial charge on any atom is -0.463 e. The maximum Gasteiger partial charge on any atom is 0.338 e. The van der Waals surface area contributed by atoms with E-state index in [1.54, 1.807) is 30.5 Å². The summed E-state index contributed by atoms with van der Waals surface area (Å²) in [7, 11) is 0. The molecular formula is C36H34FN3O3S. The number of hydrogen-bond donors (Lipinski definition) is 0. The van der Waals surface area contributed by atoms with Crippen molar-refractivity contribution in [1.82, 2.24) is 9.13 Å². The van der Waals surface area contributed by atoms with Gasteiger partial charge in [0.2, 0.25) is 0 Å². The number of benzene rings is 3. The second-order valence-electron chi connectivity index (χ2n) is 11.4. The summed E-state index contributed by atoms with van der Waals surface area (Å²) in [5.41, 5.74) is 6.63. The largest absolute Gasteiger partial charge is 0.463 e. The maximum absolute atomic E-state index is 14.3. The van der Waals surface area contributed by atoms with Crippen LogP contribution in [0.15, 0.2) is 93.9 Å². The molecule has 1 atom stereocenters. The predicted molar refractivity (Wildman–Crippen MR) is 173 cm³/mol. The van der Waals surface area contributed by atoms with E-state index < -0.39 is 12.0 Å². The van der Waals surface area contributed by atoms with E-state index in [9.17, 15) is 14.0 Å². The first kappa shape index (κ1) is 29.5. The molecule has 0 aliphatic carbocycles. The molecule has 0 saturated heterocycles. The number of rotatable bonds is 7. The lowest BCUT2D eigenvalue weighted by Crippen LogP contribution is -2.40. The lowest BCUT2D eigenvalue weighted by atomic mass is 9.93. The van der Waals surface area contributed by atoms with E-state index in [-0.39, 0.29) is 18.0 Å². The summed E-state index contributed by atoms with van der Waals surface area (Å²) < 4.78 is 23.4. The Morgan fingerprint density at radius 2 is 1.75 bits per heavy atom. The van der Waals surface area contributed by atoms with Gasteiger partial charge >= 0.3 is 5.97 Å². The van der Waals surface area contributed by atoms with Crippen LogP contribution in [-0.2, 0) is 16.1 Å². The van der Waals surface area contributed by atoms with Crippen molar-refractivity contribution in [2.75, 3.05) is 6.61 Å². The number of allylic oxidation sites excluding steroid dienone is 1. The third-order valence-corrected chi connectivity index (χ3v) is 9.23. The van der Waals surface area contributed by atoms with Crippen molar-refractivity contribution in [2.45, 2.75) is 53.1 Å². The molecule has 0 fully saturated rings. The number of nitrogens with zero attached hydrogens (tertiary/aromatic N) is 3. The van der Waals surface area contributed by atoms with Crippen molar-refractivity contribution in [3.8, 4) is 0 Å². The van der Waals surface area contributed by atoms with Crippen LogP contribution in [-0.4, -0.2) is 21.7 Å². The van der Waals surface area contributed by atoms with E-state index in [4.69, 9.17) is 9.73 Å². The zero-order chi connectivity index (χ0) is 31.1. The number of ether oxygens (including phenoxy) is 1. The van der Waals surface area contributed by atoms with Crippen LogP contribution in [0.25, 0.3) is 17.0 Å². The first-order valence-corrected chi connectivity index (χ1v) is 15.6. The van der Waals surface area contributed by atoms with E-state index in [0.29, 0.717) is 33.1 Å². The molecule has 2 aromatic heterocycles. The molecule has 5 aromatic rings. The van der Waals surface area contributed by atoms with Crippen molar-refractivity contribution >= 4 is 34.3 Å². The highest BCUT2D eigenvalue weighted by Crippen LogP contribution is 2.32. The normalized spacial score (nSPS) is 15.2. The Morgan fingerprint density at radius 1 is 1.05 bits per heavy atom. The molecule has 0 unspecified atom stereocenters. The first-order chi connectivity index (χ1) is 21.2. The van der Waals surface area contributed by atoms with Gasteiger partial charge < -0.3 is 9.30 Å². The molecule has 0 bridgehead atoms. The van der Waals surface area contributed by atoms with Gasteiger partial charge in [-0.15, -0.1) is 0 Å². The van der Waals surface area contributed by atoms with Gasteiger partial charge in [-0.1, -0.05) is 79.8 Å². The summed E-state index contributed by atoms with van der Waals surface area (Å²) in [6, 6.07) is 22.0. The molecule has 0 N–H and O–H groups in total. The van der Waals surface area contributed by atoms with Crippen LogP contribution in [0.5, 0.6) is 0 Å². The molecule has 1 aliphatic rings. The van der Waals surface area contributed by atoms with Crippen LogP contribution in [0, 0.1) is 12.7 Å². The van der Waals surface area contributed by atoms with E-state index in [0.717, 1.165) is 33.3 Å². The summed E-state index contributed by atoms with van der Waals surface area (Å²) >= 11 is 1.32. The fourth-order valence-electron chi connectivity index (χ4n) is 5.92. The van der Waals surface area contributed by atoms with Gasteiger partial charge in [0.15, 0.2) is 4.80 Å². The first-order valence-electron chi connectivity index (χ1n) is 14.8. The Balaban J connectivity index is 1.53. The predicted octanol–water partition coefficient (Wildman–Crippen LogP) is 6.37. The van der Waals surface area contributed by atoms with Crippen LogP contribution in [0.3, 0.4) is 0 Å². The third-order valence-electron chi connectivity index (χ3n) is 8.24. The zero-order valence-electron chi connectivity index (χ0n) is 25.4. The molecule has 6 nitrogen and oxygen atoms in total. The Labute approximate surface area is 259 Å². The van der Waals surface area contributed by atoms with Crippen LogP contribution in [0.1, 0.15) is 67.6 Å². The van der Waals surface area contributed by atoms with Crippen molar-refractivity contribution in [1.29, 1.82) is 0 Å². The monoisotopic (exact) mass is 607 g/mol. The van der Waals surface area contributed by atoms with E-state index in [1.165, 1.54) is 29.0 Å². The number of thiazole rings is 1. The number of carbonyl (C=O) groups is 1. The van der Waals surface area contributed by atoms with Crippen molar-refractivity contribution < 1.29 is 13.9 Å². The molecule has 1 aliphatic heterocycles.